The predicted octanol–water partition coefficient (Wildman–Crippen LogP) is 19.2. The summed E-state index contributed by atoms with van der Waals surface area (Å²) in [5.74, 6) is -0.540. The standard InChI is InChI=1S/C66H123N2O7P/c1-7-10-13-16-19-22-25-28-29-30-31-32-33-34-35-36-37-38-39-41-44-47-50-53-56-59-66(70)75-64(57-54-51-48-45-42-27-24-21-18-15-12-9-3)63(62-74-76(71,72)73-61-60-68(4,5)6)67-65(69)58-55-52-49-46-43-40-26-23-20-17-14-11-8-2/h19,22,28-29,31-32,34-35,54,57,63-64H,7-18,20-21,23-27,30,33,36-53,55-56,58-62H2,1-6H3,(H-,67,69,71,72)/b22-19-,29-28-,32-31-,35-34-,57-54-. The zero-order valence-electron chi connectivity index (χ0n) is 50.7. The molecule has 0 radical (unpaired) electrons. The third-order valence-electron chi connectivity index (χ3n) is 14.2. The van der Waals surface area contributed by atoms with Gasteiger partial charge in [0.15, 0.2) is 0 Å². The summed E-state index contributed by atoms with van der Waals surface area (Å²) < 4.78 is 30.3. The zero-order chi connectivity index (χ0) is 55.7. The molecule has 0 aromatic rings. The van der Waals surface area contributed by atoms with Crippen LogP contribution in [0, 0.1) is 0 Å². The highest BCUT2D eigenvalue weighted by Crippen LogP contribution is 2.38. The number of phosphoric ester groups is 1. The summed E-state index contributed by atoms with van der Waals surface area (Å²) in [6, 6.07) is -0.889. The lowest BCUT2D eigenvalue weighted by atomic mass is 10.0. The molecule has 1 amide bonds. The molecule has 10 heteroatoms. The monoisotopic (exact) mass is 1090 g/mol. The summed E-state index contributed by atoms with van der Waals surface area (Å²) in [4.78, 5) is 40.0. The molecule has 0 aliphatic carbocycles. The van der Waals surface area contributed by atoms with Crippen LogP contribution in [0.3, 0.4) is 0 Å². The molecule has 0 aromatic heterocycles. The molecule has 3 atom stereocenters. The van der Waals surface area contributed by atoms with Gasteiger partial charge in [-0.2, -0.15) is 0 Å². The van der Waals surface area contributed by atoms with Crippen molar-refractivity contribution in [3.8, 4) is 0 Å². The third-order valence-corrected chi connectivity index (χ3v) is 15.2. The maximum Gasteiger partial charge on any atom is 0.306 e. The number of nitrogens with zero attached hydrogens (tertiary/aromatic N) is 1. The van der Waals surface area contributed by atoms with E-state index < -0.39 is 20.0 Å². The summed E-state index contributed by atoms with van der Waals surface area (Å²) in [6.45, 7) is 6.83. The lowest BCUT2D eigenvalue weighted by molar-refractivity contribution is -0.870. The fourth-order valence-corrected chi connectivity index (χ4v) is 9.94. The molecule has 0 bridgehead atoms. The van der Waals surface area contributed by atoms with E-state index in [-0.39, 0.29) is 31.5 Å². The first-order chi connectivity index (χ1) is 36.9. The molecular formula is C66H123N2O7P. The summed E-state index contributed by atoms with van der Waals surface area (Å²) in [5.41, 5.74) is 0. The van der Waals surface area contributed by atoms with Crippen LogP contribution in [-0.2, 0) is 27.9 Å². The number of nitrogens with one attached hydrogen (secondary N) is 1. The number of hydrogen-bond donors (Lipinski definition) is 1. The molecule has 0 saturated carbocycles. The summed E-state index contributed by atoms with van der Waals surface area (Å²) in [7, 11) is 1.19. The normalized spacial score (nSPS) is 14.0. The first-order valence-electron chi connectivity index (χ1n) is 32.1. The van der Waals surface area contributed by atoms with Crippen LogP contribution in [0.25, 0.3) is 0 Å². The number of esters is 1. The number of ether oxygens (including phenoxy) is 1. The van der Waals surface area contributed by atoms with Gasteiger partial charge in [0.05, 0.1) is 33.8 Å². The first-order valence-corrected chi connectivity index (χ1v) is 33.6. The summed E-state index contributed by atoms with van der Waals surface area (Å²) in [6.07, 6.45) is 70.4. The van der Waals surface area contributed by atoms with E-state index >= 15 is 0 Å². The second kappa shape index (κ2) is 56.0. The van der Waals surface area contributed by atoms with Gasteiger partial charge in [-0.05, 0) is 76.7 Å². The fourth-order valence-electron chi connectivity index (χ4n) is 9.21. The molecule has 0 aliphatic rings. The second-order valence-electron chi connectivity index (χ2n) is 22.9. The van der Waals surface area contributed by atoms with E-state index in [0.29, 0.717) is 17.4 Å². The average Bonchev–Trinajstić information content (AvgIpc) is 3.38. The molecule has 444 valence electrons. The van der Waals surface area contributed by atoms with Gasteiger partial charge >= 0.3 is 5.97 Å². The number of unbranched alkanes of at least 4 members (excludes halogenated alkanes) is 34. The van der Waals surface area contributed by atoms with E-state index in [1.54, 1.807) is 0 Å². The summed E-state index contributed by atoms with van der Waals surface area (Å²) >= 11 is 0. The molecular weight excluding hydrogens is 964 g/mol. The van der Waals surface area contributed by atoms with Crippen LogP contribution >= 0.6 is 7.82 Å². The molecule has 0 spiro atoms. The van der Waals surface area contributed by atoms with Crippen LogP contribution in [0.5, 0.6) is 0 Å². The highest BCUT2D eigenvalue weighted by atomic mass is 31.2. The van der Waals surface area contributed by atoms with Crippen LogP contribution in [0.15, 0.2) is 60.8 Å². The number of carbonyl (C=O) groups excluding carboxylic acids is 2. The summed E-state index contributed by atoms with van der Waals surface area (Å²) in [5, 5.41) is 3.03. The second-order valence-corrected chi connectivity index (χ2v) is 24.3. The topological polar surface area (TPSA) is 114 Å². The Morgan fingerprint density at radius 3 is 1.22 bits per heavy atom. The molecule has 76 heavy (non-hydrogen) atoms. The van der Waals surface area contributed by atoms with E-state index in [1.165, 1.54) is 173 Å². The predicted molar refractivity (Wildman–Crippen MR) is 325 cm³/mol. The van der Waals surface area contributed by atoms with Gasteiger partial charge in [-0.15, -0.1) is 0 Å². The number of allylic oxidation sites excluding steroid dienone is 9. The highest BCUT2D eigenvalue weighted by molar-refractivity contribution is 7.45. The Morgan fingerprint density at radius 1 is 0.461 bits per heavy atom. The number of hydrogen-bond acceptors (Lipinski definition) is 7. The minimum atomic E-state index is -4.70. The van der Waals surface area contributed by atoms with Crippen molar-refractivity contribution in [3.05, 3.63) is 60.8 Å². The van der Waals surface area contributed by atoms with Crippen molar-refractivity contribution in [2.45, 2.75) is 309 Å². The van der Waals surface area contributed by atoms with Gasteiger partial charge in [0.25, 0.3) is 7.82 Å². The number of likely N-dealkylation sites (N-methyl/N-ethyl adjacent to an activating group) is 1. The number of carbonyl (C=O) groups is 2. The highest BCUT2D eigenvalue weighted by Gasteiger charge is 2.27. The lowest BCUT2D eigenvalue weighted by Crippen LogP contribution is -2.47. The van der Waals surface area contributed by atoms with E-state index in [0.717, 1.165) is 89.9 Å². The van der Waals surface area contributed by atoms with Crippen LogP contribution in [0.4, 0.5) is 0 Å². The number of rotatable bonds is 58. The average molecular weight is 1090 g/mol. The van der Waals surface area contributed by atoms with E-state index in [2.05, 4.69) is 74.7 Å². The first kappa shape index (κ1) is 73.7. The van der Waals surface area contributed by atoms with Crippen molar-refractivity contribution in [1.29, 1.82) is 0 Å². The molecule has 0 aliphatic heterocycles. The number of quaternary nitrogens is 1. The molecule has 0 fully saturated rings. The van der Waals surface area contributed by atoms with Crippen LogP contribution in [0.2, 0.25) is 0 Å². The van der Waals surface area contributed by atoms with Gasteiger partial charge in [-0.25, -0.2) is 0 Å². The van der Waals surface area contributed by atoms with Gasteiger partial charge in [-0.1, -0.05) is 268 Å². The maximum absolute atomic E-state index is 13.5. The largest absolute Gasteiger partial charge is 0.756 e. The van der Waals surface area contributed by atoms with Gasteiger partial charge in [0.1, 0.15) is 19.3 Å². The van der Waals surface area contributed by atoms with Gasteiger partial charge in [0.2, 0.25) is 5.91 Å². The lowest BCUT2D eigenvalue weighted by Gasteiger charge is -2.30. The van der Waals surface area contributed by atoms with Crippen molar-refractivity contribution < 1.29 is 37.3 Å². The Labute approximate surface area is 471 Å². The molecule has 9 nitrogen and oxygen atoms in total. The Morgan fingerprint density at radius 2 is 0.803 bits per heavy atom. The number of amides is 1. The van der Waals surface area contributed by atoms with Crippen LogP contribution in [-0.4, -0.2) is 69.4 Å². The van der Waals surface area contributed by atoms with Crippen molar-refractivity contribution in [2.75, 3.05) is 40.9 Å². The van der Waals surface area contributed by atoms with E-state index in [9.17, 15) is 19.0 Å². The Bertz CT molecular complexity index is 1490. The molecule has 0 heterocycles. The minimum Gasteiger partial charge on any atom is -0.756 e. The van der Waals surface area contributed by atoms with Gasteiger partial charge < -0.3 is 28.5 Å². The minimum absolute atomic E-state index is 0.0230. The third kappa shape index (κ3) is 56.4. The molecule has 3 unspecified atom stereocenters. The molecule has 1 N–H and O–H groups in total. The van der Waals surface area contributed by atoms with Crippen molar-refractivity contribution in [2.24, 2.45) is 0 Å². The van der Waals surface area contributed by atoms with Gasteiger partial charge in [0, 0.05) is 12.8 Å². The zero-order valence-corrected chi connectivity index (χ0v) is 51.6. The van der Waals surface area contributed by atoms with Crippen LogP contribution < -0.4 is 10.2 Å². The van der Waals surface area contributed by atoms with E-state index in [4.69, 9.17) is 13.8 Å². The SMILES string of the molecule is CCCCC/C=C\C/C=C\C/C=C\C/C=C\CCCCCCCCCCCC(=O)OC(/C=C\CCCCCCCCCCCC)C(COP(=O)([O-])OCC[N+](C)(C)C)NC(=O)CCCCCCCCCCCCCCC. The Balaban J connectivity index is 5.13. The Kier molecular flexibility index (Phi) is 54.3. The molecule has 0 rings (SSSR count). The smallest absolute Gasteiger partial charge is 0.306 e. The maximum atomic E-state index is 13.5. The quantitative estimate of drug-likeness (QED) is 0.0212. The van der Waals surface area contributed by atoms with Crippen LogP contribution in [0.1, 0.15) is 297 Å². The van der Waals surface area contributed by atoms with Crippen molar-refractivity contribution in [1.82, 2.24) is 5.32 Å². The molecule has 0 saturated heterocycles. The Hall–Kier alpha value is -2.29. The van der Waals surface area contributed by atoms with Gasteiger partial charge in [-0.3, -0.25) is 14.2 Å². The fraction of sp³-hybridized carbons (Fsp3) is 0.818. The van der Waals surface area contributed by atoms with E-state index in [1.807, 2.05) is 33.3 Å². The van der Waals surface area contributed by atoms with Crippen molar-refractivity contribution in [3.63, 3.8) is 0 Å². The number of phosphoric acid groups is 1. The molecule has 0 aromatic carbocycles. The van der Waals surface area contributed by atoms with Crippen molar-refractivity contribution >= 4 is 19.7 Å².